The number of piperidine rings is 1. The van der Waals surface area contributed by atoms with Crippen LogP contribution in [0.2, 0.25) is 0 Å². The first-order valence-electron chi connectivity index (χ1n) is 7.16. The fourth-order valence-corrected chi connectivity index (χ4v) is 2.81. The van der Waals surface area contributed by atoms with E-state index in [1.807, 2.05) is 18.2 Å². The van der Waals surface area contributed by atoms with Crippen molar-refractivity contribution in [3.05, 3.63) is 30.0 Å². The summed E-state index contributed by atoms with van der Waals surface area (Å²) < 4.78 is 5.34. The minimum Gasteiger partial charge on any atom is -0.496 e. The maximum atomic E-state index is 11.1. The number of hydrogen-bond donors (Lipinski definition) is 1. The van der Waals surface area contributed by atoms with Gasteiger partial charge in [-0.05, 0) is 37.5 Å². The van der Waals surface area contributed by atoms with Gasteiger partial charge in [-0.2, -0.15) is 0 Å². The highest BCUT2D eigenvalue weighted by Crippen LogP contribution is 2.30. The fraction of sp³-hybridized carbons (Fsp3) is 0.375. The lowest BCUT2D eigenvalue weighted by Crippen LogP contribution is -2.29. The van der Waals surface area contributed by atoms with Crippen molar-refractivity contribution < 1.29 is 14.6 Å². The Morgan fingerprint density at radius 1 is 1.24 bits per heavy atom. The van der Waals surface area contributed by atoms with Crippen LogP contribution < -0.4 is 9.64 Å². The summed E-state index contributed by atoms with van der Waals surface area (Å²) in [5.74, 6) is -0.494. The van der Waals surface area contributed by atoms with Crippen LogP contribution >= 0.6 is 0 Å². The summed E-state index contributed by atoms with van der Waals surface area (Å²) in [5.41, 5.74) is 1.79. The van der Waals surface area contributed by atoms with E-state index in [0.717, 1.165) is 24.2 Å². The monoisotopic (exact) mass is 286 g/mol. The minimum absolute atomic E-state index is 0.00470. The van der Waals surface area contributed by atoms with Crippen LogP contribution in [0.15, 0.2) is 24.3 Å². The Kier molecular flexibility index (Phi) is 3.64. The Morgan fingerprint density at radius 3 is 2.67 bits per heavy atom. The number of carboxylic acids is 1. The molecule has 0 unspecified atom stereocenters. The molecule has 0 atom stereocenters. The third-order valence-electron chi connectivity index (χ3n) is 3.91. The second-order valence-corrected chi connectivity index (χ2v) is 5.26. The molecule has 1 N–H and O–H groups in total. The van der Waals surface area contributed by atoms with E-state index in [1.54, 1.807) is 7.11 Å². The SMILES string of the molecule is COc1cc(C(=O)O)nc2ccc(N3CCCCC3)cc12. The maximum absolute atomic E-state index is 11.1. The van der Waals surface area contributed by atoms with E-state index in [9.17, 15) is 4.79 Å². The number of anilines is 1. The summed E-state index contributed by atoms with van der Waals surface area (Å²) in [6.07, 6.45) is 3.72. The van der Waals surface area contributed by atoms with Crippen molar-refractivity contribution in [3.63, 3.8) is 0 Å². The Labute approximate surface area is 123 Å². The van der Waals surface area contributed by atoms with Gasteiger partial charge < -0.3 is 14.7 Å². The van der Waals surface area contributed by atoms with Crippen molar-refractivity contribution in [3.8, 4) is 5.75 Å². The molecule has 0 radical (unpaired) electrons. The van der Waals surface area contributed by atoms with Gasteiger partial charge in [0.25, 0.3) is 0 Å². The van der Waals surface area contributed by atoms with Crippen molar-refractivity contribution in [2.75, 3.05) is 25.1 Å². The number of rotatable bonds is 3. The van der Waals surface area contributed by atoms with E-state index >= 15 is 0 Å². The quantitative estimate of drug-likeness (QED) is 0.940. The summed E-state index contributed by atoms with van der Waals surface area (Å²) >= 11 is 0. The van der Waals surface area contributed by atoms with Crippen molar-refractivity contribution in [1.82, 2.24) is 4.98 Å². The summed E-state index contributed by atoms with van der Waals surface area (Å²) in [5, 5.41) is 9.95. The Hall–Kier alpha value is -2.30. The molecule has 0 spiro atoms. The number of methoxy groups -OCH3 is 1. The molecule has 1 fully saturated rings. The number of fused-ring (bicyclic) bond motifs is 1. The number of aromatic carboxylic acids is 1. The highest BCUT2D eigenvalue weighted by Gasteiger charge is 2.15. The molecule has 0 amide bonds. The predicted molar refractivity (Wildman–Crippen MR) is 81.3 cm³/mol. The highest BCUT2D eigenvalue weighted by atomic mass is 16.5. The van der Waals surface area contributed by atoms with Crippen molar-refractivity contribution in [2.24, 2.45) is 0 Å². The number of aromatic nitrogens is 1. The molecule has 5 heteroatoms. The van der Waals surface area contributed by atoms with Gasteiger partial charge in [-0.25, -0.2) is 9.78 Å². The summed E-state index contributed by atoms with van der Waals surface area (Å²) in [6.45, 7) is 2.13. The molecule has 21 heavy (non-hydrogen) atoms. The van der Waals surface area contributed by atoms with Crippen LogP contribution in [0.1, 0.15) is 29.8 Å². The lowest BCUT2D eigenvalue weighted by molar-refractivity contribution is 0.0690. The van der Waals surface area contributed by atoms with Gasteiger partial charge >= 0.3 is 5.97 Å². The molecule has 0 bridgehead atoms. The van der Waals surface area contributed by atoms with E-state index in [4.69, 9.17) is 9.84 Å². The van der Waals surface area contributed by atoms with Gasteiger partial charge in [0.15, 0.2) is 5.69 Å². The zero-order valence-electron chi connectivity index (χ0n) is 12.0. The molecule has 0 saturated carbocycles. The number of carbonyl (C=O) groups is 1. The van der Waals surface area contributed by atoms with Gasteiger partial charge in [-0.3, -0.25) is 0 Å². The van der Waals surface area contributed by atoms with Gasteiger partial charge in [0.1, 0.15) is 5.75 Å². The molecule has 0 aliphatic carbocycles. The lowest BCUT2D eigenvalue weighted by Gasteiger charge is -2.29. The van der Waals surface area contributed by atoms with Crippen molar-refractivity contribution in [2.45, 2.75) is 19.3 Å². The Morgan fingerprint density at radius 2 is 2.00 bits per heavy atom. The van der Waals surface area contributed by atoms with Gasteiger partial charge in [0.05, 0.1) is 12.6 Å². The number of pyridine rings is 1. The summed E-state index contributed by atoms with van der Waals surface area (Å²) in [6, 6.07) is 7.39. The van der Waals surface area contributed by atoms with Gasteiger partial charge in [-0.15, -0.1) is 0 Å². The Balaban J connectivity index is 2.07. The van der Waals surface area contributed by atoms with Crippen LogP contribution in [0, 0.1) is 0 Å². The van der Waals surface area contributed by atoms with Crippen LogP contribution in [0.3, 0.4) is 0 Å². The zero-order valence-corrected chi connectivity index (χ0v) is 12.0. The standard InChI is InChI=1S/C16H18N2O3/c1-21-15-10-14(16(19)20)17-13-6-5-11(9-12(13)15)18-7-3-2-4-8-18/h5-6,9-10H,2-4,7-8H2,1H3,(H,19,20). The second kappa shape index (κ2) is 5.60. The summed E-state index contributed by atoms with van der Waals surface area (Å²) in [4.78, 5) is 17.6. The van der Waals surface area contributed by atoms with E-state index in [0.29, 0.717) is 11.3 Å². The minimum atomic E-state index is -1.05. The fourth-order valence-electron chi connectivity index (χ4n) is 2.81. The number of hydrogen-bond acceptors (Lipinski definition) is 4. The average molecular weight is 286 g/mol. The van der Waals surface area contributed by atoms with Crippen molar-refractivity contribution in [1.29, 1.82) is 0 Å². The van der Waals surface area contributed by atoms with Crippen LogP contribution in [-0.4, -0.2) is 36.3 Å². The molecule has 2 heterocycles. The topological polar surface area (TPSA) is 62.7 Å². The largest absolute Gasteiger partial charge is 0.496 e. The first-order chi connectivity index (χ1) is 10.2. The molecule has 110 valence electrons. The van der Waals surface area contributed by atoms with Crippen LogP contribution in [0.25, 0.3) is 10.9 Å². The van der Waals surface area contributed by atoms with Crippen molar-refractivity contribution >= 4 is 22.6 Å². The van der Waals surface area contributed by atoms with Gasteiger partial charge in [0, 0.05) is 30.2 Å². The van der Waals surface area contributed by atoms with Crippen LogP contribution in [-0.2, 0) is 0 Å². The van der Waals surface area contributed by atoms with Gasteiger partial charge in [-0.1, -0.05) is 0 Å². The second-order valence-electron chi connectivity index (χ2n) is 5.26. The average Bonchev–Trinajstić information content (AvgIpc) is 2.54. The lowest BCUT2D eigenvalue weighted by atomic mass is 10.1. The van der Waals surface area contributed by atoms with E-state index in [-0.39, 0.29) is 5.69 Å². The molecular formula is C16H18N2O3. The van der Waals surface area contributed by atoms with Gasteiger partial charge in [0.2, 0.25) is 0 Å². The zero-order chi connectivity index (χ0) is 14.8. The number of nitrogens with zero attached hydrogens (tertiary/aromatic N) is 2. The predicted octanol–water partition coefficient (Wildman–Crippen LogP) is 2.93. The van der Waals surface area contributed by atoms with E-state index in [2.05, 4.69) is 9.88 Å². The first kappa shape index (κ1) is 13.7. The number of carboxylic acid groups (broad SMARTS) is 1. The molecule has 5 nitrogen and oxygen atoms in total. The maximum Gasteiger partial charge on any atom is 0.354 e. The molecule has 1 aromatic heterocycles. The molecule has 1 saturated heterocycles. The molecule has 1 aliphatic heterocycles. The van der Waals surface area contributed by atoms with Crippen LogP contribution in [0.4, 0.5) is 5.69 Å². The highest BCUT2D eigenvalue weighted by molar-refractivity contribution is 5.94. The first-order valence-corrected chi connectivity index (χ1v) is 7.16. The third-order valence-corrected chi connectivity index (χ3v) is 3.91. The van der Waals surface area contributed by atoms with Crippen LogP contribution in [0.5, 0.6) is 5.75 Å². The number of ether oxygens (including phenoxy) is 1. The molecule has 2 aromatic rings. The van der Waals surface area contributed by atoms with E-state index in [1.165, 1.54) is 25.3 Å². The number of benzene rings is 1. The molecule has 3 rings (SSSR count). The summed E-state index contributed by atoms with van der Waals surface area (Å²) in [7, 11) is 1.55. The van der Waals surface area contributed by atoms with E-state index < -0.39 is 5.97 Å². The smallest absolute Gasteiger partial charge is 0.354 e. The molecule has 1 aliphatic rings. The third kappa shape index (κ3) is 2.63. The normalized spacial score (nSPS) is 15.2. The molecular weight excluding hydrogens is 268 g/mol. The Bertz CT molecular complexity index is 679. The molecule has 1 aromatic carbocycles.